The van der Waals surface area contributed by atoms with Crippen molar-refractivity contribution >= 4 is 17.7 Å². The number of carbonyl (C=O) groups is 1. The Kier molecular flexibility index (Phi) is 5.09. The Morgan fingerprint density at radius 2 is 1.75 bits per heavy atom. The molecule has 0 saturated heterocycles. The zero-order chi connectivity index (χ0) is 19.7. The maximum Gasteiger partial charge on any atom is 0.329 e. The van der Waals surface area contributed by atoms with E-state index in [9.17, 15) is 9.59 Å². The number of benzene rings is 2. The standard InChI is InChI=1S/C23H21NO3S/c1-15-18(13-16-9-5-3-6-10-16)22-24(19(14-28-22)23(26)27-2)21(25)20(15)17-11-7-4-8-12-17/h3-12,19H,13-14H2,1-2H3. The number of fused-ring (bicyclic) bond motifs is 1. The Balaban J connectivity index is 1.97. The Labute approximate surface area is 168 Å². The van der Waals surface area contributed by atoms with Crippen molar-refractivity contribution in [3.63, 3.8) is 0 Å². The minimum Gasteiger partial charge on any atom is -0.467 e. The zero-order valence-corrected chi connectivity index (χ0v) is 16.7. The van der Waals surface area contributed by atoms with Crippen molar-refractivity contribution in [2.24, 2.45) is 0 Å². The average molecular weight is 391 g/mol. The smallest absolute Gasteiger partial charge is 0.329 e. The fraction of sp³-hybridized carbons (Fsp3) is 0.217. The predicted molar refractivity (Wildman–Crippen MR) is 112 cm³/mol. The quantitative estimate of drug-likeness (QED) is 0.625. The highest BCUT2D eigenvalue weighted by atomic mass is 32.2. The number of nitrogens with zero attached hydrogens (tertiary/aromatic N) is 1. The Morgan fingerprint density at radius 1 is 1.11 bits per heavy atom. The average Bonchev–Trinajstić information content (AvgIpc) is 3.17. The van der Waals surface area contributed by atoms with Crippen molar-refractivity contribution in [2.45, 2.75) is 24.4 Å². The molecule has 4 rings (SSSR count). The van der Waals surface area contributed by atoms with Gasteiger partial charge in [0.15, 0.2) is 0 Å². The summed E-state index contributed by atoms with van der Waals surface area (Å²) in [5, 5.41) is 0.876. The van der Waals surface area contributed by atoms with Crippen LogP contribution in [0.1, 0.15) is 22.7 Å². The van der Waals surface area contributed by atoms with Crippen molar-refractivity contribution in [1.82, 2.24) is 4.57 Å². The third kappa shape index (κ3) is 3.16. The summed E-state index contributed by atoms with van der Waals surface area (Å²) in [5.74, 6) is 0.142. The number of hydrogen-bond donors (Lipinski definition) is 0. The molecular weight excluding hydrogens is 370 g/mol. The van der Waals surface area contributed by atoms with Gasteiger partial charge >= 0.3 is 5.97 Å². The van der Waals surface area contributed by atoms with Crippen molar-refractivity contribution in [1.29, 1.82) is 0 Å². The summed E-state index contributed by atoms with van der Waals surface area (Å²) in [4.78, 5) is 25.8. The van der Waals surface area contributed by atoms with E-state index < -0.39 is 6.04 Å². The molecule has 28 heavy (non-hydrogen) atoms. The van der Waals surface area contributed by atoms with Crippen molar-refractivity contribution in [3.8, 4) is 11.1 Å². The van der Waals surface area contributed by atoms with Crippen LogP contribution in [0.5, 0.6) is 0 Å². The van der Waals surface area contributed by atoms with Gasteiger partial charge in [0.2, 0.25) is 0 Å². The number of rotatable bonds is 4. The molecule has 0 spiro atoms. The molecule has 1 aliphatic heterocycles. The van der Waals surface area contributed by atoms with Gasteiger partial charge in [0, 0.05) is 12.2 Å². The second kappa shape index (κ2) is 7.68. The molecule has 5 heteroatoms. The van der Waals surface area contributed by atoms with E-state index >= 15 is 0 Å². The molecule has 1 atom stereocenters. The second-order valence-electron chi connectivity index (χ2n) is 6.84. The van der Waals surface area contributed by atoms with Gasteiger partial charge in [-0.15, -0.1) is 11.8 Å². The summed E-state index contributed by atoms with van der Waals surface area (Å²) in [6.07, 6.45) is 0.711. The molecule has 1 unspecified atom stereocenters. The third-order valence-electron chi connectivity index (χ3n) is 5.19. The minimum atomic E-state index is -0.588. The Bertz CT molecular complexity index is 1070. The van der Waals surface area contributed by atoms with Crippen LogP contribution in [0.25, 0.3) is 11.1 Å². The molecule has 1 aliphatic rings. The van der Waals surface area contributed by atoms with Crippen LogP contribution in [-0.2, 0) is 16.0 Å². The molecule has 142 valence electrons. The maximum absolute atomic E-state index is 13.5. The molecule has 3 aromatic rings. The van der Waals surface area contributed by atoms with Crippen molar-refractivity contribution < 1.29 is 9.53 Å². The van der Waals surface area contributed by atoms with Crippen LogP contribution in [-0.4, -0.2) is 23.4 Å². The number of esters is 1. The van der Waals surface area contributed by atoms with Crippen LogP contribution >= 0.6 is 11.8 Å². The first-order valence-corrected chi connectivity index (χ1v) is 10.2. The molecule has 0 N–H and O–H groups in total. The number of ether oxygens (including phenoxy) is 1. The predicted octanol–water partition coefficient (Wildman–Crippen LogP) is 4.23. The molecule has 0 aliphatic carbocycles. The molecule has 2 aromatic carbocycles. The maximum atomic E-state index is 13.5. The number of pyridine rings is 1. The van der Waals surface area contributed by atoms with Crippen LogP contribution in [0.4, 0.5) is 0 Å². The van der Waals surface area contributed by atoms with Crippen LogP contribution in [0.2, 0.25) is 0 Å². The van der Waals surface area contributed by atoms with Crippen LogP contribution < -0.4 is 5.56 Å². The highest BCUT2D eigenvalue weighted by Crippen LogP contribution is 2.39. The molecule has 4 nitrogen and oxygen atoms in total. The summed E-state index contributed by atoms with van der Waals surface area (Å²) in [7, 11) is 1.37. The molecule has 0 amide bonds. The molecule has 0 saturated carbocycles. The molecule has 0 fully saturated rings. The normalized spacial score (nSPS) is 15.3. The molecule has 0 bridgehead atoms. The number of methoxy groups -OCH3 is 1. The van der Waals surface area contributed by atoms with Gasteiger partial charge in [0.05, 0.1) is 17.7 Å². The van der Waals surface area contributed by atoms with E-state index in [1.807, 2.05) is 55.5 Å². The van der Waals surface area contributed by atoms with Gasteiger partial charge in [0.1, 0.15) is 6.04 Å². The minimum absolute atomic E-state index is 0.129. The SMILES string of the molecule is COC(=O)C1CSc2c(Cc3ccccc3)c(C)c(-c3ccccc3)c(=O)n21. The van der Waals surface area contributed by atoms with E-state index in [4.69, 9.17) is 4.74 Å². The lowest BCUT2D eigenvalue weighted by Gasteiger charge is -2.19. The monoisotopic (exact) mass is 391 g/mol. The van der Waals surface area contributed by atoms with Gasteiger partial charge in [-0.05, 0) is 29.2 Å². The first-order chi connectivity index (χ1) is 13.6. The van der Waals surface area contributed by atoms with E-state index in [0.29, 0.717) is 17.7 Å². The second-order valence-corrected chi connectivity index (χ2v) is 7.85. The van der Waals surface area contributed by atoms with Crippen LogP contribution in [0.3, 0.4) is 0 Å². The van der Waals surface area contributed by atoms with Gasteiger partial charge in [-0.2, -0.15) is 0 Å². The highest BCUT2D eigenvalue weighted by Gasteiger charge is 2.35. The lowest BCUT2D eigenvalue weighted by Crippen LogP contribution is -2.32. The van der Waals surface area contributed by atoms with Gasteiger partial charge in [-0.1, -0.05) is 60.7 Å². The molecule has 2 heterocycles. The Hall–Kier alpha value is -2.79. The fourth-order valence-corrected chi connectivity index (χ4v) is 5.11. The highest BCUT2D eigenvalue weighted by molar-refractivity contribution is 7.99. The van der Waals surface area contributed by atoms with E-state index in [2.05, 4.69) is 12.1 Å². The molecule has 0 radical (unpaired) electrons. The summed E-state index contributed by atoms with van der Waals surface area (Å²) in [6, 6.07) is 19.3. The number of hydrogen-bond acceptors (Lipinski definition) is 4. The van der Waals surface area contributed by atoms with E-state index in [1.54, 1.807) is 16.3 Å². The van der Waals surface area contributed by atoms with Crippen LogP contribution in [0, 0.1) is 6.92 Å². The topological polar surface area (TPSA) is 48.3 Å². The third-order valence-corrected chi connectivity index (χ3v) is 6.39. The summed E-state index contributed by atoms with van der Waals surface area (Å²) in [5.41, 5.74) is 4.65. The first-order valence-electron chi connectivity index (χ1n) is 9.19. The lowest BCUT2D eigenvalue weighted by atomic mass is 9.95. The fourth-order valence-electron chi connectivity index (χ4n) is 3.76. The zero-order valence-electron chi connectivity index (χ0n) is 15.8. The van der Waals surface area contributed by atoms with Gasteiger partial charge in [-0.25, -0.2) is 4.79 Å². The molecular formula is C23H21NO3S. The van der Waals surface area contributed by atoms with Gasteiger partial charge in [-0.3, -0.25) is 9.36 Å². The number of thioether (sulfide) groups is 1. The Morgan fingerprint density at radius 3 is 2.39 bits per heavy atom. The van der Waals surface area contributed by atoms with E-state index in [0.717, 1.165) is 21.7 Å². The van der Waals surface area contributed by atoms with Crippen molar-refractivity contribution in [2.75, 3.05) is 12.9 Å². The summed E-state index contributed by atoms with van der Waals surface area (Å²) >= 11 is 1.56. The first kappa shape index (κ1) is 18.6. The van der Waals surface area contributed by atoms with E-state index in [-0.39, 0.29) is 11.5 Å². The largest absolute Gasteiger partial charge is 0.467 e. The molecule has 1 aromatic heterocycles. The number of carbonyl (C=O) groups excluding carboxylic acids is 1. The lowest BCUT2D eigenvalue weighted by molar-refractivity contribution is -0.143. The van der Waals surface area contributed by atoms with Crippen LogP contribution in [0.15, 0.2) is 70.5 Å². The van der Waals surface area contributed by atoms with E-state index in [1.165, 1.54) is 12.7 Å². The van der Waals surface area contributed by atoms with Crippen molar-refractivity contribution in [3.05, 3.63) is 87.7 Å². The summed E-state index contributed by atoms with van der Waals surface area (Å²) < 4.78 is 6.61. The van der Waals surface area contributed by atoms with Gasteiger partial charge in [0.25, 0.3) is 5.56 Å². The summed E-state index contributed by atoms with van der Waals surface area (Å²) in [6.45, 7) is 2.01. The number of aromatic nitrogens is 1. The van der Waals surface area contributed by atoms with Gasteiger partial charge < -0.3 is 4.74 Å².